The van der Waals surface area contributed by atoms with Gasteiger partial charge in [0.1, 0.15) is 66.5 Å². The molecular formula is C85H108ClN19O17. The molecule has 6 aromatic rings. The molecule has 122 heavy (non-hydrogen) atoms. The van der Waals surface area contributed by atoms with Crippen LogP contribution in [-0.4, -0.2) is 227 Å². The number of benzene rings is 5. The molecule has 11 atom stereocenters. The maximum atomic E-state index is 15.6. The number of ether oxygens (including phenoxy) is 1. The van der Waals surface area contributed by atoms with Gasteiger partial charge in [0.05, 0.1) is 26.2 Å². The molecule has 5 aromatic carbocycles. The second kappa shape index (κ2) is 45.7. The minimum absolute atomic E-state index is 0.0278. The summed E-state index contributed by atoms with van der Waals surface area (Å²) in [5, 5.41) is 50.7. The first kappa shape index (κ1) is 93.2. The van der Waals surface area contributed by atoms with Crippen LogP contribution in [0.1, 0.15) is 107 Å². The summed E-state index contributed by atoms with van der Waals surface area (Å²) in [6.45, 7) is 9.87. The summed E-state index contributed by atoms with van der Waals surface area (Å²) in [5.74, 6) is -10.6. The van der Waals surface area contributed by atoms with Gasteiger partial charge in [0.15, 0.2) is 0 Å². The number of carbonyl (C=O) groups is 15. The molecule has 37 heteroatoms. The number of imide groups is 1. The Morgan fingerprint density at radius 3 is 1.57 bits per heavy atom. The van der Waals surface area contributed by atoms with Crippen molar-refractivity contribution >= 4 is 123 Å². The Bertz CT molecular complexity index is 4680. The van der Waals surface area contributed by atoms with Gasteiger partial charge in [-0.3, -0.25) is 67.8 Å². The van der Waals surface area contributed by atoms with Gasteiger partial charge >= 0.3 is 18.1 Å². The van der Waals surface area contributed by atoms with Gasteiger partial charge in [-0.2, -0.15) is 0 Å². The van der Waals surface area contributed by atoms with Gasteiger partial charge < -0.3 is 100 Å². The molecule has 3 saturated heterocycles. The number of nitrogens with zero attached hydrogens (tertiary/aromatic N) is 3. The second-order valence-corrected chi connectivity index (χ2v) is 31.5. The number of fused-ring (bicyclic) bond motifs is 1. The van der Waals surface area contributed by atoms with Crippen LogP contribution in [0, 0.1) is 5.92 Å². The van der Waals surface area contributed by atoms with E-state index in [9.17, 15) is 48.3 Å². The van der Waals surface area contributed by atoms with E-state index in [-0.39, 0.29) is 81.1 Å². The van der Waals surface area contributed by atoms with Crippen molar-refractivity contribution in [1.82, 2.24) is 78.6 Å². The number of hydrogen-bond donors (Lipinski definition) is 17. The smallest absolute Gasteiger partial charge is 0.322 e. The number of pyridine rings is 1. The Kier molecular flexibility index (Phi) is 34.9. The van der Waals surface area contributed by atoms with Crippen molar-refractivity contribution in [3.63, 3.8) is 0 Å². The van der Waals surface area contributed by atoms with Crippen LogP contribution in [0.5, 0.6) is 0 Å². The fourth-order valence-corrected chi connectivity index (χ4v) is 14.2. The summed E-state index contributed by atoms with van der Waals surface area (Å²) in [5.41, 5.74) is 13.8. The van der Waals surface area contributed by atoms with Crippen molar-refractivity contribution in [2.75, 3.05) is 56.6 Å². The normalized spacial score (nSPS) is 16.7. The summed E-state index contributed by atoms with van der Waals surface area (Å²) >= 11 is 6.27. The molecule has 0 radical (unpaired) electrons. The van der Waals surface area contributed by atoms with Crippen LogP contribution in [-0.2, 0) is 94.4 Å². The average molecular weight is 1700 g/mol. The number of nitrogens with one attached hydrogen (secondary N) is 14. The van der Waals surface area contributed by atoms with E-state index in [2.05, 4.69) is 79.4 Å². The van der Waals surface area contributed by atoms with E-state index in [0.29, 0.717) is 85.1 Å². The first-order chi connectivity index (χ1) is 58.3. The monoisotopic (exact) mass is 1700 g/mol. The number of rotatable bonds is 41. The minimum Gasteiger partial charge on any atom is -0.394 e. The molecule has 0 spiro atoms. The minimum atomic E-state index is -1.94. The Morgan fingerprint density at radius 1 is 0.541 bits per heavy atom. The van der Waals surface area contributed by atoms with Crippen LogP contribution in [0.2, 0.25) is 5.02 Å². The lowest BCUT2D eigenvalue weighted by Gasteiger charge is -2.31. The number of urea groups is 3. The summed E-state index contributed by atoms with van der Waals surface area (Å²) in [6.07, 6.45) is 2.90. The standard InChI is InChI=1S/C85H108ClN19O17/c1-48(2)38-62(74(110)94-61(15-8-9-32-90-49(3)4)82(118)105-33-11-16-70(105)81(117)91-50(5)72(87)108)95-75(111)64(41-53-22-29-60(30-23-53)93-85(121)104-34-36-122-37-35-104)96-77(113)65(42-52-20-27-59(28-21-52)92-73(109)68-45-71(107)103-84(120)102-68)99-80(116)69(47-106)100-78(114)66(44-55-12-10-31-89-46-55)98-76(112)63(40-51-18-25-58(86)26-19-51)97-79(115)67(101-83(88)119)43-54-17-24-56-13-6-7-14-57(56)39-54/h6-7,10,12-14,17-31,39,46,48-50,61-70,90,106H,8-9,11,15-16,32-38,40-45,47H2,1-5H3,(H2,87,108)(H,91,117)(H,92,109)(H,93,121)(H,94,110)(H,95,111)(H,96,113)(H,97,115)(H,98,112)(H,99,116)(H,100,114)(H3,88,101,119)(H2,102,103,107,120)/t50-,61+,62+,63-,64-,65+,66-,67-,68?,69+,70+/m1/s1. The summed E-state index contributed by atoms with van der Waals surface area (Å²) in [7, 11) is 0. The molecule has 3 fully saturated rings. The number of aliphatic hydroxyl groups excluding tert-OH is 1. The number of carbonyl (C=O) groups excluding carboxylic acids is 15. The van der Waals surface area contributed by atoms with Gasteiger partial charge in [-0.15, -0.1) is 0 Å². The topological polar surface area (TPSA) is 525 Å². The van der Waals surface area contributed by atoms with E-state index in [0.717, 1.165) is 10.8 Å². The Balaban J connectivity index is 1.02. The lowest BCUT2D eigenvalue weighted by atomic mass is 9.99. The van der Waals surface area contributed by atoms with Crippen LogP contribution in [0.4, 0.5) is 25.8 Å². The molecule has 3 aliphatic rings. The fraction of sp³-hybridized carbons (Fsp3) is 0.435. The lowest BCUT2D eigenvalue weighted by molar-refractivity contribution is -0.142. The number of likely N-dealkylation sites (tertiary alicyclic amines) is 1. The molecular weight excluding hydrogens is 1590 g/mol. The number of nitrogens with two attached hydrogens (primary N) is 2. The van der Waals surface area contributed by atoms with Crippen molar-refractivity contribution in [1.29, 1.82) is 0 Å². The molecule has 4 heterocycles. The fourth-order valence-electron chi connectivity index (χ4n) is 14.1. The number of amides is 18. The van der Waals surface area contributed by atoms with E-state index in [1.54, 1.807) is 85.5 Å². The third kappa shape index (κ3) is 28.8. The highest BCUT2D eigenvalue weighted by Gasteiger charge is 2.41. The highest BCUT2D eigenvalue weighted by molar-refractivity contribution is 6.30. The SMILES string of the molecule is CC(C)C[C@H](NC(=O)[C@@H](Cc1ccc(NC(=O)N2CCOCC2)cc1)NC(=O)[C@H](Cc1ccc(NC(=O)C2CC(=O)NC(=O)N2)cc1)NC(=O)[C@H](CO)NC(=O)[C@@H](Cc1cccnc1)NC(=O)[C@@H](Cc1ccc(Cl)cc1)NC(=O)[C@@H](Cc1ccc2ccccc2c1)NC(N)=O)C(=O)N[C@@H](CCCCNC(C)C)C(=O)N1CCC[C@H]1C(=O)N[C@H](C)C(N)=O. The van der Waals surface area contributed by atoms with Gasteiger partial charge in [0, 0.05) is 86.6 Å². The molecule has 18 amide bonds. The van der Waals surface area contributed by atoms with E-state index in [1.165, 1.54) is 48.5 Å². The number of primary amides is 2. The third-order valence-corrected chi connectivity index (χ3v) is 20.9. The number of unbranched alkanes of at least 4 members (excludes halogenated alkanes) is 1. The molecule has 1 aromatic heterocycles. The van der Waals surface area contributed by atoms with Crippen LogP contribution in [0.3, 0.4) is 0 Å². The van der Waals surface area contributed by atoms with Crippen molar-refractivity contribution < 1.29 is 81.8 Å². The molecule has 9 rings (SSSR count). The first-order valence-corrected chi connectivity index (χ1v) is 41.0. The van der Waals surface area contributed by atoms with Crippen molar-refractivity contribution in [3.8, 4) is 0 Å². The predicted octanol–water partition coefficient (Wildman–Crippen LogP) is 1.42. The van der Waals surface area contributed by atoms with Gasteiger partial charge in [-0.1, -0.05) is 124 Å². The van der Waals surface area contributed by atoms with Gasteiger partial charge in [-0.25, -0.2) is 14.4 Å². The largest absolute Gasteiger partial charge is 0.394 e. The van der Waals surface area contributed by atoms with Crippen LogP contribution >= 0.6 is 11.6 Å². The average Bonchev–Trinajstić information content (AvgIpc) is 1.52. The highest BCUT2D eigenvalue weighted by atomic mass is 35.5. The molecule has 652 valence electrons. The summed E-state index contributed by atoms with van der Waals surface area (Å²) in [6, 6.07) is 16.6. The van der Waals surface area contributed by atoms with E-state index in [1.807, 2.05) is 50.2 Å². The van der Waals surface area contributed by atoms with E-state index in [4.69, 9.17) is 27.8 Å². The van der Waals surface area contributed by atoms with Crippen LogP contribution in [0.15, 0.2) is 140 Å². The Labute approximate surface area is 710 Å². The van der Waals surface area contributed by atoms with E-state index >= 15 is 28.8 Å². The molecule has 1 unspecified atom stereocenters. The second-order valence-electron chi connectivity index (χ2n) is 31.1. The van der Waals surface area contributed by atoms with Gasteiger partial charge in [0.25, 0.3) is 0 Å². The first-order valence-electron chi connectivity index (χ1n) is 40.6. The number of morpholine rings is 1. The quantitative estimate of drug-likeness (QED) is 0.0241. The Hall–Kier alpha value is -12.7. The predicted molar refractivity (Wildman–Crippen MR) is 451 cm³/mol. The number of halogens is 1. The van der Waals surface area contributed by atoms with Crippen molar-refractivity contribution in [2.45, 2.75) is 184 Å². The van der Waals surface area contributed by atoms with Crippen LogP contribution < -0.4 is 85.9 Å². The third-order valence-electron chi connectivity index (χ3n) is 20.7. The number of aliphatic hydroxyl groups is 1. The molecule has 0 aliphatic carbocycles. The lowest BCUT2D eigenvalue weighted by Crippen LogP contribution is -2.62. The zero-order valence-electron chi connectivity index (χ0n) is 68.6. The molecule has 0 bridgehead atoms. The molecule has 19 N–H and O–H groups in total. The zero-order chi connectivity index (χ0) is 88.1. The summed E-state index contributed by atoms with van der Waals surface area (Å²) < 4.78 is 5.42. The van der Waals surface area contributed by atoms with E-state index < -0.39 is 168 Å². The maximum Gasteiger partial charge on any atom is 0.322 e. The summed E-state index contributed by atoms with van der Waals surface area (Å²) in [4.78, 5) is 217. The zero-order valence-corrected chi connectivity index (χ0v) is 69.3. The van der Waals surface area contributed by atoms with Crippen molar-refractivity contribution in [2.24, 2.45) is 17.4 Å². The highest BCUT2D eigenvalue weighted by Crippen LogP contribution is 2.24. The number of aromatic nitrogens is 1. The van der Waals surface area contributed by atoms with Gasteiger partial charge in [-0.05, 0) is 139 Å². The van der Waals surface area contributed by atoms with Crippen molar-refractivity contribution in [3.05, 3.63) is 173 Å². The number of hydrogen-bond acceptors (Lipinski definition) is 19. The molecule has 3 aliphatic heterocycles. The Morgan fingerprint density at radius 2 is 1.04 bits per heavy atom. The molecule has 0 saturated carbocycles. The number of anilines is 2. The van der Waals surface area contributed by atoms with Crippen LogP contribution in [0.25, 0.3) is 10.8 Å². The van der Waals surface area contributed by atoms with Gasteiger partial charge in [0.2, 0.25) is 70.9 Å². The maximum absolute atomic E-state index is 15.6. The molecule has 36 nitrogen and oxygen atoms in total.